The van der Waals surface area contributed by atoms with E-state index < -0.39 is 0 Å². The zero-order chi connectivity index (χ0) is 8.27. The average Bonchev–Trinajstić information content (AvgIpc) is 2.04. The van der Waals surface area contributed by atoms with Crippen LogP contribution in [0.4, 0.5) is 0 Å². The molecule has 1 aliphatic heterocycles. The predicted octanol–water partition coefficient (Wildman–Crippen LogP) is 0.169. The van der Waals surface area contributed by atoms with Crippen LogP contribution >= 0.6 is 0 Å². The molecule has 3 heteroatoms. The fourth-order valence-electron chi connectivity index (χ4n) is 1.59. The Hall–Kier alpha value is -0.570. The summed E-state index contributed by atoms with van der Waals surface area (Å²) < 4.78 is 0. The molecule has 1 fully saturated rings. The molecule has 0 aliphatic carbocycles. The smallest absolute Gasteiger partial charge is 0.209 e. The Labute approximate surface area is 68.0 Å². The van der Waals surface area contributed by atoms with Gasteiger partial charge in [0, 0.05) is 25.7 Å². The number of likely N-dealkylation sites (N-methyl/N-ethyl adjacent to an activating group) is 1. The third-order valence-electron chi connectivity index (χ3n) is 2.35. The van der Waals surface area contributed by atoms with Gasteiger partial charge in [-0.25, -0.2) is 0 Å². The standard InChI is InChI=1S/C8H16N2O/c1-3-10-5-4-9(7-11)6-8(10)2/h7-8H,3-6H2,1-2H3. The second-order valence-corrected chi connectivity index (χ2v) is 3.08. The van der Waals surface area contributed by atoms with Crippen LogP contribution in [0.25, 0.3) is 0 Å². The molecule has 64 valence electrons. The van der Waals surface area contributed by atoms with Gasteiger partial charge >= 0.3 is 0 Å². The zero-order valence-corrected chi connectivity index (χ0v) is 7.29. The first-order valence-corrected chi connectivity index (χ1v) is 4.21. The molecule has 11 heavy (non-hydrogen) atoms. The first-order chi connectivity index (χ1) is 5.27. The van der Waals surface area contributed by atoms with E-state index in [0.717, 1.165) is 32.6 Å². The van der Waals surface area contributed by atoms with Gasteiger partial charge in [0.25, 0.3) is 0 Å². The highest BCUT2D eigenvalue weighted by Gasteiger charge is 2.20. The van der Waals surface area contributed by atoms with E-state index in [9.17, 15) is 4.79 Å². The van der Waals surface area contributed by atoms with Crippen LogP contribution in [0.5, 0.6) is 0 Å². The maximum atomic E-state index is 10.4. The topological polar surface area (TPSA) is 23.6 Å². The van der Waals surface area contributed by atoms with Crippen molar-refractivity contribution < 1.29 is 4.79 Å². The zero-order valence-electron chi connectivity index (χ0n) is 7.29. The molecule has 0 radical (unpaired) electrons. The van der Waals surface area contributed by atoms with Crippen LogP contribution in [0.2, 0.25) is 0 Å². The van der Waals surface area contributed by atoms with E-state index >= 15 is 0 Å². The molecular formula is C8H16N2O. The lowest BCUT2D eigenvalue weighted by atomic mass is 10.2. The first-order valence-electron chi connectivity index (χ1n) is 4.21. The molecule has 1 atom stereocenters. The summed E-state index contributed by atoms with van der Waals surface area (Å²) >= 11 is 0. The van der Waals surface area contributed by atoms with Crippen molar-refractivity contribution in [2.75, 3.05) is 26.2 Å². The van der Waals surface area contributed by atoms with Gasteiger partial charge < -0.3 is 4.90 Å². The minimum Gasteiger partial charge on any atom is -0.342 e. The summed E-state index contributed by atoms with van der Waals surface area (Å²) in [5.41, 5.74) is 0. The van der Waals surface area contributed by atoms with Gasteiger partial charge in [0.05, 0.1) is 0 Å². The number of hydrogen-bond donors (Lipinski definition) is 0. The van der Waals surface area contributed by atoms with E-state index in [0.29, 0.717) is 6.04 Å². The summed E-state index contributed by atoms with van der Waals surface area (Å²) in [6.07, 6.45) is 0.948. The second-order valence-electron chi connectivity index (χ2n) is 3.08. The van der Waals surface area contributed by atoms with Gasteiger partial charge in [-0.15, -0.1) is 0 Å². The number of nitrogens with zero attached hydrogens (tertiary/aromatic N) is 2. The van der Waals surface area contributed by atoms with Crippen molar-refractivity contribution in [1.82, 2.24) is 9.80 Å². The molecule has 1 rings (SSSR count). The molecule has 0 saturated carbocycles. The largest absolute Gasteiger partial charge is 0.342 e. The molecule has 1 heterocycles. The highest BCUT2D eigenvalue weighted by molar-refractivity contribution is 5.47. The number of carbonyl (C=O) groups is 1. The van der Waals surface area contributed by atoms with Crippen molar-refractivity contribution in [2.24, 2.45) is 0 Å². The number of rotatable bonds is 2. The number of hydrogen-bond acceptors (Lipinski definition) is 2. The van der Waals surface area contributed by atoms with E-state index in [1.807, 2.05) is 4.90 Å². The molecule has 3 nitrogen and oxygen atoms in total. The van der Waals surface area contributed by atoms with Crippen LogP contribution in [0.1, 0.15) is 13.8 Å². The van der Waals surface area contributed by atoms with Crippen molar-refractivity contribution in [2.45, 2.75) is 19.9 Å². The fraction of sp³-hybridized carbons (Fsp3) is 0.875. The van der Waals surface area contributed by atoms with Gasteiger partial charge in [-0.2, -0.15) is 0 Å². The average molecular weight is 156 g/mol. The van der Waals surface area contributed by atoms with Crippen molar-refractivity contribution in [1.29, 1.82) is 0 Å². The van der Waals surface area contributed by atoms with Gasteiger partial charge in [-0.3, -0.25) is 9.69 Å². The summed E-state index contributed by atoms with van der Waals surface area (Å²) in [5, 5.41) is 0. The maximum Gasteiger partial charge on any atom is 0.209 e. The van der Waals surface area contributed by atoms with Crippen molar-refractivity contribution >= 4 is 6.41 Å². The molecule has 0 bridgehead atoms. The molecule has 0 aromatic carbocycles. The molecule has 1 saturated heterocycles. The van der Waals surface area contributed by atoms with Crippen molar-refractivity contribution in [3.63, 3.8) is 0 Å². The molecule has 1 aliphatic rings. The summed E-state index contributed by atoms with van der Waals surface area (Å²) in [7, 11) is 0. The first kappa shape index (κ1) is 8.53. The lowest BCUT2D eigenvalue weighted by Gasteiger charge is -2.37. The number of piperazine rings is 1. The van der Waals surface area contributed by atoms with Crippen LogP contribution < -0.4 is 0 Å². The van der Waals surface area contributed by atoms with E-state index in [1.54, 1.807) is 0 Å². The Bertz CT molecular complexity index is 138. The summed E-state index contributed by atoms with van der Waals surface area (Å²) in [4.78, 5) is 14.6. The highest BCUT2D eigenvalue weighted by atomic mass is 16.1. The Balaban J connectivity index is 2.40. The summed E-state index contributed by atoms with van der Waals surface area (Å²) in [6, 6.07) is 0.527. The Morgan fingerprint density at radius 2 is 2.27 bits per heavy atom. The predicted molar refractivity (Wildman–Crippen MR) is 44.3 cm³/mol. The van der Waals surface area contributed by atoms with Gasteiger partial charge in [0.2, 0.25) is 6.41 Å². The number of carbonyl (C=O) groups excluding carboxylic acids is 1. The summed E-state index contributed by atoms with van der Waals surface area (Å²) in [5.74, 6) is 0. The monoisotopic (exact) mass is 156 g/mol. The fourth-order valence-corrected chi connectivity index (χ4v) is 1.59. The van der Waals surface area contributed by atoms with E-state index in [4.69, 9.17) is 0 Å². The molecule has 0 aromatic rings. The minimum atomic E-state index is 0.527. The molecule has 1 amide bonds. The normalized spacial score (nSPS) is 27.1. The van der Waals surface area contributed by atoms with Crippen LogP contribution in [-0.2, 0) is 4.79 Å². The van der Waals surface area contributed by atoms with Crippen LogP contribution in [0.3, 0.4) is 0 Å². The third kappa shape index (κ3) is 1.93. The van der Waals surface area contributed by atoms with Crippen LogP contribution in [0, 0.1) is 0 Å². The number of amides is 1. The maximum absolute atomic E-state index is 10.4. The van der Waals surface area contributed by atoms with Gasteiger partial charge in [-0.05, 0) is 13.5 Å². The van der Waals surface area contributed by atoms with Crippen molar-refractivity contribution in [3.8, 4) is 0 Å². The lowest BCUT2D eigenvalue weighted by molar-refractivity contribution is -0.120. The molecule has 0 N–H and O–H groups in total. The van der Waals surface area contributed by atoms with E-state index in [2.05, 4.69) is 18.7 Å². The van der Waals surface area contributed by atoms with Crippen LogP contribution in [0.15, 0.2) is 0 Å². The van der Waals surface area contributed by atoms with Crippen molar-refractivity contribution in [3.05, 3.63) is 0 Å². The van der Waals surface area contributed by atoms with Gasteiger partial charge in [-0.1, -0.05) is 6.92 Å². The molecule has 0 spiro atoms. The van der Waals surface area contributed by atoms with Gasteiger partial charge in [0.1, 0.15) is 0 Å². The van der Waals surface area contributed by atoms with E-state index in [-0.39, 0.29) is 0 Å². The second kappa shape index (κ2) is 3.72. The lowest BCUT2D eigenvalue weighted by Crippen LogP contribution is -2.50. The highest BCUT2D eigenvalue weighted by Crippen LogP contribution is 2.06. The Morgan fingerprint density at radius 1 is 1.55 bits per heavy atom. The quantitative estimate of drug-likeness (QED) is 0.532. The van der Waals surface area contributed by atoms with E-state index in [1.165, 1.54) is 0 Å². The molecular weight excluding hydrogens is 140 g/mol. The Morgan fingerprint density at radius 3 is 2.73 bits per heavy atom. The van der Waals surface area contributed by atoms with Crippen LogP contribution in [-0.4, -0.2) is 48.4 Å². The summed E-state index contributed by atoms with van der Waals surface area (Å²) in [6.45, 7) is 8.22. The molecule has 0 aromatic heterocycles. The molecule has 1 unspecified atom stereocenters. The Kier molecular flexibility index (Phi) is 2.88. The SMILES string of the molecule is CCN1CCN(C=O)CC1C. The minimum absolute atomic E-state index is 0.527. The van der Waals surface area contributed by atoms with Gasteiger partial charge in [0.15, 0.2) is 0 Å². The third-order valence-corrected chi connectivity index (χ3v) is 2.35.